The second-order valence-electron chi connectivity index (χ2n) is 1.77. The number of aliphatic hydroxyl groups excluding tert-OH is 1. The van der Waals surface area contributed by atoms with Crippen molar-refractivity contribution in [3.8, 4) is 0 Å². The van der Waals surface area contributed by atoms with Gasteiger partial charge in [0.05, 0.1) is 5.69 Å². The summed E-state index contributed by atoms with van der Waals surface area (Å²) in [5, 5.41) is 18.8. The van der Waals surface area contributed by atoms with Gasteiger partial charge in [-0.15, -0.1) is 11.3 Å². The molecule has 4 nitrogen and oxygen atoms in total. The molecule has 0 aromatic carbocycles. The Bertz CT molecular complexity index is 274. The first-order chi connectivity index (χ1) is 5.11. The molecule has 0 aliphatic carbocycles. The second kappa shape index (κ2) is 3.29. The number of halogens is 1. The van der Waals surface area contributed by atoms with Crippen LogP contribution in [0.5, 0.6) is 0 Å². The highest BCUT2D eigenvalue weighted by molar-refractivity contribution is 9.11. The summed E-state index contributed by atoms with van der Waals surface area (Å²) < 4.78 is 0.563. The summed E-state index contributed by atoms with van der Waals surface area (Å²) in [5.74, 6) is -1.29. The first kappa shape index (κ1) is 8.63. The number of hydrogen-bond donors (Lipinski definition) is 2. The van der Waals surface area contributed by atoms with Crippen molar-refractivity contribution in [2.75, 3.05) is 0 Å². The Labute approximate surface area is 74.6 Å². The number of aliphatic hydroxyl groups is 1. The zero-order chi connectivity index (χ0) is 8.43. The Hall–Kier alpha value is -0.460. The van der Waals surface area contributed by atoms with Gasteiger partial charge in [0.25, 0.3) is 0 Å². The van der Waals surface area contributed by atoms with Crippen molar-refractivity contribution < 1.29 is 15.0 Å². The van der Waals surface area contributed by atoms with E-state index < -0.39 is 12.1 Å². The van der Waals surface area contributed by atoms with Crippen LogP contribution in [0.1, 0.15) is 11.8 Å². The molecule has 1 heterocycles. The quantitative estimate of drug-likeness (QED) is 0.806. The van der Waals surface area contributed by atoms with Gasteiger partial charge >= 0.3 is 5.97 Å². The molecule has 1 unspecified atom stereocenters. The Morgan fingerprint density at radius 1 is 1.82 bits per heavy atom. The van der Waals surface area contributed by atoms with E-state index in [0.717, 1.165) is 0 Å². The molecular formula is C5H4BrNO3S. The molecule has 60 valence electrons. The van der Waals surface area contributed by atoms with Crippen LogP contribution in [0, 0.1) is 0 Å². The molecule has 0 saturated carbocycles. The second-order valence-corrected chi connectivity index (χ2v) is 3.90. The monoisotopic (exact) mass is 237 g/mol. The normalized spacial score (nSPS) is 12.9. The molecular weight excluding hydrogens is 234 g/mol. The molecule has 0 fully saturated rings. The zero-order valence-electron chi connectivity index (χ0n) is 5.19. The number of rotatable bonds is 2. The number of aliphatic carboxylic acids is 1. The molecule has 2 N–H and O–H groups in total. The van der Waals surface area contributed by atoms with Crippen molar-refractivity contribution in [3.05, 3.63) is 15.0 Å². The minimum absolute atomic E-state index is 0.161. The molecule has 0 spiro atoms. The van der Waals surface area contributed by atoms with Gasteiger partial charge in [-0.25, -0.2) is 9.78 Å². The van der Waals surface area contributed by atoms with Gasteiger partial charge < -0.3 is 10.2 Å². The predicted molar refractivity (Wildman–Crippen MR) is 42.4 cm³/mol. The van der Waals surface area contributed by atoms with E-state index in [1.807, 2.05) is 0 Å². The van der Waals surface area contributed by atoms with E-state index in [0.29, 0.717) is 3.92 Å². The van der Waals surface area contributed by atoms with Gasteiger partial charge in [0, 0.05) is 5.38 Å². The minimum Gasteiger partial charge on any atom is -0.479 e. The molecule has 0 aliphatic heterocycles. The SMILES string of the molecule is O=C(O)C(O)c1csc(Br)n1. The van der Waals surface area contributed by atoms with Crippen LogP contribution in [0.4, 0.5) is 0 Å². The Balaban J connectivity index is 2.84. The maximum atomic E-state index is 10.2. The van der Waals surface area contributed by atoms with Crippen LogP contribution in [0.15, 0.2) is 9.30 Å². The summed E-state index contributed by atoms with van der Waals surface area (Å²) >= 11 is 4.29. The highest BCUT2D eigenvalue weighted by Gasteiger charge is 2.18. The lowest BCUT2D eigenvalue weighted by atomic mass is 10.3. The molecule has 1 rings (SSSR count). The maximum Gasteiger partial charge on any atom is 0.338 e. The Kier molecular flexibility index (Phi) is 2.58. The van der Waals surface area contributed by atoms with E-state index in [-0.39, 0.29) is 5.69 Å². The summed E-state index contributed by atoms with van der Waals surface area (Å²) in [7, 11) is 0. The molecule has 0 bridgehead atoms. The van der Waals surface area contributed by atoms with E-state index in [9.17, 15) is 4.79 Å². The summed E-state index contributed by atoms with van der Waals surface area (Å²) in [6.45, 7) is 0. The van der Waals surface area contributed by atoms with Crippen LogP contribution < -0.4 is 0 Å². The largest absolute Gasteiger partial charge is 0.479 e. The molecule has 1 aromatic heterocycles. The lowest BCUT2D eigenvalue weighted by molar-refractivity contribution is -0.147. The van der Waals surface area contributed by atoms with Crippen LogP contribution >= 0.6 is 27.3 Å². The molecule has 0 radical (unpaired) electrons. The molecule has 0 saturated heterocycles. The number of carbonyl (C=O) groups is 1. The van der Waals surface area contributed by atoms with E-state index in [4.69, 9.17) is 10.2 Å². The molecule has 11 heavy (non-hydrogen) atoms. The van der Waals surface area contributed by atoms with Gasteiger partial charge in [-0.3, -0.25) is 0 Å². The van der Waals surface area contributed by atoms with Gasteiger partial charge in [-0.2, -0.15) is 0 Å². The molecule has 1 aromatic rings. The fourth-order valence-corrected chi connectivity index (χ4v) is 1.56. The highest BCUT2D eigenvalue weighted by atomic mass is 79.9. The third-order valence-electron chi connectivity index (χ3n) is 1.01. The zero-order valence-corrected chi connectivity index (χ0v) is 7.59. The molecule has 0 aliphatic rings. The molecule has 0 amide bonds. The van der Waals surface area contributed by atoms with Gasteiger partial charge in [0.1, 0.15) is 0 Å². The third kappa shape index (κ3) is 1.98. The summed E-state index contributed by atoms with van der Waals surface area (Å²) in [6.07, 6.45) is -1.52. The average Bonchev–Trinajstić information content (AvgIpc) is 2.34. The summed E-state index contributed by atoms with van der Waals surface area (Å²) in [5.41, 5.74) is 0.161. The first-order valence-corrected chi connectivity index (χ1v) is 4.30. The summed E-state index contributed by atoms with van der Waals surface area (Å²) in [6, 6.07) is 0. The molecule has 1 atom stereocenters. The standard InChI is InChI=1S/C5H4BrNO3S/c6-5-7-2(1-11-5)3(8)4(9)10/h1,3,8H,(H,9,10). The van der Waals surface area contributed by atoms with Crippen molar-refractivity contribution in [2.24, 2.45) is 0 Å². The third-order valence-corrected chi connectivity index (χ3v) is 2.39. The lowest BCUT2D eigenvalue weighted by Crippen LogP contribution is -2.10. The fourth-order valence-electron chi connectivity index (χ4n) is 0.515. The maximum absolute atomic E-state index is 10.2. The number of aromatic nitrogens is 1. The molecule has 6 heteroatoms. The Morgan fingerprint density at radius 2 is 2.45 bits per heavy atom. The van der Waals surface area contributed by atoms with Crippen LogP contribution in [0.2, 0.25) is 0 Å². The van der Waals surface area contributed by atoms with Crippen molar-refractivity contribution in [2.45, 2.75) is 6.10 Å². The Morgan fingerprint density at radius 3 is 2.82 bits per heavy atom. The minimum atomic E-state index is -1.52. The van der Waals surface area contributed by atoms with Gasteiger partial charge in [0.15, 0.2) is 10.0 Å². The highest BCUT2D eigenvalue weighted by Crippen LogP contribution is 2.20. The van der Waals surface area contributed by atoms with Crippen molar-refractivity contribution in [3.63, 3.8) is 0 Å². The van der Waals surface area contributed by atoms with E-state index in [1.165, 1.54) is 16.7 Å². The first-order valence-electron chi connectivity index (χ1n) is 2.63. The lowest BCUT2D eigenvalue weighted by Gasteiger charge is -1.98. The van der Waals surface area contributed by atoms with E-state index in [2.05, 4.69) is 20.9 Å². The van der Waals surface area contributed by atoms with Crippen molar-refractivity contribution in [1.82, 2.24) is 4.98 Å². The smallest absolute Gasteiger partial charge is 0.338 e. The number of thiazole rings is 1. The average molecular weight is 238 g/mol. The van der Waals surface area contributed by atoms with Crippen molar-refractivity contribution in [1.29, 1.82) is 0 Å². The van der Waals surface area contributed by atoms with Gasteiger partial charge in [-0.1, -0.05) is 0 Å². The van der Waals surface area contributed by atoms with Crippen LogP contribution in [-0.2, 0) is 4.79 Å². The van der Waals surface area contributed by atoms with Crippen molar-refractivity contribution >= 4 is 33.2 Å². The number of hydrogen-bond acceptors (Lipinski definition) is 4. The van der Waals surface area contributed by atoms with Crippen LogP contribution in [0.3, 0.4) is 0 Å². The fraction of sp³-hybridized carbons (Fsp3) is 0.200. The van der Waals surface area contributed by atoms with E-state index in [1.54, 1.807) is 0 Å². The summed E-state index contributed by atoms with van der Waals surface area (Å²) in [4.78, 5) is 13.9. The number of carboxylic acids is 1. The van der Waals surface area contributed by atoms with E-state index >= 15 is 0 Å². The predicted octanol–water partition coefficient (Wildman–Crippen LogP) is 1.02. The number of nitrogens with zero attached hydrogens (tertiary/aromatic N) is 1. The van der Waals surface area contributed by atoms with Crippen LogP contribution in [0.25, 0.3) is 0 Å². The van der Waals surface area contributed by atoms with Crippen LogP contribution in [-0.4, -0.2) is 21.2 Å². The van der Waals surface area contributed by atoms with Gasteiger partial charge in [0.2, 0.25) is 0 Å². The topological polar surface area (TPSA) is 70.4 Å². The number of carboxylic acid groups (broad SMARTS) is 1. The van der Waals surface area contributed by atoms with Gasteiger partial charge in [-0.05, 0) is 15.9 Å².